The molecule has 26 heavy (non-hydrogen) atoms. The summed E-state index contributed by atoms with van der Waals surface area (Å²) in [7, 11) is 0. The number of carbonyl (C=O) groups is 2. The maximum absolute atomic E-state index is 12.6. The predicted molar refractivity (Wildman–Crippen MR) is 98.1 cm³/mol. The molecule has 134 valence electrons. The highest BCUT2D eigenvalue weighted by Crippen LogP contribution is 2.44. The number of ketones is 1. The van der Waals surface area contributed by atoms with Gasteiger partial charge < -0.3 is 9.64 Å². The molecule has 1 amide bonds. The van der Waals surface area contributed by atoms with Crippen molar-refractivity contribution < 1.29 is 14.3 Å². The Morgan fingerprint density at radius 2 is 1.96 bits per heavy atom. The van der Waals surface area contributed by atoms with E-state index in [2.05, 4.69) is 4.98 Å². The minimum atomic E-state index is -0.623. The molecule has 2 aromatic rings. The standard InChI is InChI=1S/C19H16Cl2N2O3/c20-12-9-13-16(24)11-19(26-17(13)14(21)10-12)4-7-23(8-5-19)18(25)15-3-1-2-6-22-15/h1-3,6,9-10H,4-5,7-8,11H2. The molecule has 1 aromatic heterocycles. The van der Waals surface area contributed by atoms with Crippen LogP contribution in [0.2, 0.25) is 10.0 Å². The molecular weight excluding hydrogens is 375 g/mol. The topological polar surface area (TPSA) is 59.5 Å². The van der Waals surface area contributed by atoms with E-state index in [9.17, 15) is 9.59 Å². The Kier molecular flexibility index (Phi) is 4.37. The lowest BCUT2D eigenvalue weighted by molar-refractivity contribution is -0.00579. The molecule has 0 saturated carbocycles. The average molecular weight is 391 g/mol. The molecular formula is C19H16Cl2N2O3. The van der Waals surface area contributed by atoms with Gasteiger partial charge in [0.15, 0.2) is 5.78 Å². The normalized spacial score (nSPS) is 18.4. The van der Waals surface area contributed by atoms with Crippen molar-refractivity contribution >= 4 is 34.9 Å². The number of Topliss-reactive ketones (excluding diaryl/α,β-unsaturated/α-hetero) is 1. The van der Waals surface area contributed by atoms with Gasteiger partial charge in [-0.3, -0.25) is 14.6 Å². The molecule has 4 rings (SSSR count). The van der Waals surface area contributed by atoms with Crippen LogP contribution in [0.4, 0.5) is 0 Å². The third-order valence-electron chi connectivity index (χ3n) is 4.96. The van der Waals surface area contributed by atoms with E-state index in [4.69, 9.17) is 27.9 Å². The van der Waals surface area contributed by atoms with Crippen molar-refractivity contribution in [1.29, 1.82) is 0 Å². The Hall–Kier alpha value is -2.11. The van der Waals surface area contributed by atoms with Crippen molar-refractivity contribution in [1.82, 2.24) is 9.88 Å². The van der Waals surface area contributed by atoms with Crippen LogP contribution >= 0.6 is 23.2 Å². The van der Waals surface area contributed by atoms with E-state index in [1.807, 2.05) is 0 Å². The molecule has 0 N–H and O–H groups in total. The number of rotatable bonds is 1. The maximum atomic E-state index is 12.6. The lowest BCUT2D eigenvalue weighted by Crippen LogP contribution is -2.52. The van der Waals surface area contributed by atoms with Crippen LogP contribution in [0.25, 0.3) is 0 Å². The van der Waals surface area contributed by atoms with Crippen molar-refractivity contribution in [2.75, 3.05) is 13.1 Å². The Labute approximate surface area is 160 Å². The Morgan fingerprint density at radius 1 is 1.19 bits per heavy atom. The van der Waals surface area contributed by atoms with E-state index in [0.29, 0.717) is 53.0 Å². The third-order valence-corrected chi connectivity index (χ3v) is 5.45. The minimum absolute atomic E-state index is 0.0276. The fourth-order valence-corrected chi connectivity index (χ4v) is 4.09. The lowest BCUT2D eigenvalue weighted by Gasteiger charge is -2.44. The zero-order chi connectivity index (χ0) is 18.3. The summed E-state index contributed by atoms with van der Waals surface area (Å²) in [4.78, 5) is 31.0. The number of likely N-dealkylation sites (tertiary alicyclic amines) is 1. The largest absolute Gasteiger partial charge is 0.484 e. The molecule has 2 aliphatic rings. The van der Waals surface area contributed by atoms with Crippen molar-refractivity contribution in [3.05, 3.63) is 57.8 Å². The van der Waals surface area contributed by atoms with Gasteiger partial charge in [-0.1, -0.05) is 29.3 Å². The predicted octanol–water partition coefficient (Wildman–Crippen LogP) is 4.03. The van der Waals surface area contributed by atoms with Crippen LogP contribution in [0.15, 0.2) is 36.5 Å². The maximum Gasteiger partial charge on any atom is 0.272 e. The van der Waals surface area contributed by atoms with E-state index in [1.165, 1.54) is 0 Å². The summed E-state index contributed by atoms with van der Waals surface area (Å²) in [5.74, 6) is 0.268. The molecule has 7 heteroatoms. The van der Waals surface area contributed by atoms with E-state index in [0.717, 1.165) is 0 Å². The van der Waals surface area contributed by atoms with Gasteiger partial charge >= 0.3 is 0 Å². The first-order valence-electron chi connectivity index (χ1n) is 8.39. The van der Waals surface area contributed by atoms with E-state index in [-0.39, 0.29) is 18.1 Å². The summed E-state index contributed by atoms with van der Waals surface area (Å²) < 4.78 is 6.19. The summed E-state index contributed by atoms with van der Waals surface area (Å²) in [5, 5.41) is 0.754. The van der Waals surface area contributed by atoms with Gasteiger partial charge in [0, 0.05) is 37.2 Å². The number of piperidine rings is 1. The molecule has 0 unspecified atom stereocenters. The van der Waals surface area contributed by atoms with Crippen LogP contribution in [0.3, 0.4) is 0 Å². The van der Waals surface area contributed by atoms with Gasteiger partial charge in [-0.15, -0.1) is 0 Å². The number of halogens is 2. The van der Waals surface area contributed by atoms with Gasteiger partial charge in [0.1, 0.15) is 17.0 Å². The first kappa shape index (κ1) is 17.3. The highest BCUT2D eigenvalue weighted by molar-refractivity contribution is 6.36. The number of fused-ring (bicyclic) bond motifs is 1. The summed E-state index contributed by atoms with van der Waals surface area (Å²) in [6, 6.07) is 8.44. The summed E-state index contributed by atoms with van der Waals surface area (Å²) in [6.45, 7) is 1.01. The number of aromatic nitrogens is 1. The molecule has 5 nitrogen and oxygen atoms in total. The zero-order valence-electron chi connectivity index (χ0n) is 13.9. The number of ether oxygens (including phenoxy) is 1. The zero-order valence-corrected chi connectivity index (χ0v) is 15.4. The molecule has 1 spiro atoms. The van der Waals surface area contributed by atoms with Crippen molar-refractivity contribution in [3.63, 3.8) is 0 Å². The fourth-order valence-electron chi connectivity index (χ4n) is 3.56. The Balaban J connectivity index is 1.52. The van der Waals surface area contributed by atoms with E-state index < -0.39 is 5.60 Å². The Bertz CT molecular complexity index is 878. The average Bonchev–Trinajstić information content (AvgIpc) is 2.64. The number of nitrogens with zero attached hydrogens (tertiary/aromatic N) is 2. The van der Waals surface area contributed by atoms with Gasteiger partial charge in [-0.25, -0.2) is 0 Å². The summed E-state index contributed by atoms with van der Waals surface area (Å²) in [6.07, 6.45) is 3.00. The number of hydrogen-bond acceptors (Lipinski definition) is 4. The second-order valence-corrected chi connectivity index (χ2v) is 7.50. The van der Waals surface area contributed by atoms with E-state index >= 15 is 0 Å². The Morgan fingerprint density at radius 3 is 2.65 bits per heavy atom. The van der Waals surface area contributed by atoms with Gasteiger partial charge in [0.2, 0.25) is 0 Å². The molecule has 1 fully saturated rings. The SMILES string of the molecule is O=C1CC2(CCN(C(=O)c3ccccn3)CC2)Oc2c(Cl)cc(Cl)cc21. The number of benzene rings is 1. The van der Waals surface area contributed by atoms with Crippen LogP contribution in [0.1, 0.15) is 40.1 Å². The monoisotopic (exact) mass is 390 g/mol. The number of hydrogen-bond donors (Lipinski definition) is 0. The van der Waals surface area contributed by atoms with Crippen LogP contribution < -0.4 is 4.74 Å². The van der Waals surface area contributed by atoms with E-state index in [1.54, 1.807) is 41.4 Å². The molecule has 3 heterocycles. The van der Waals surface area contributed by atoms with Gasteiger partial charge in [0.25, 0.3) is 5.91 Å². The number of pyridine rings is 1. The first-order chi connectivity index (χ1) is 12.5. The number of amides is 1. The van der Waals surface area contributed by atoms with Gasteiger partial charge in [-0.05, 0) is 24.3 Å². The van der Waals surface area contributed by atoms with Gasteiger partial charge in [-0.2, -0.15) is 0 Å². The summed E-state index contributed by atoms with van der Waals surface area (Å²) in [5.41, 5.74) is 0.231. The molecule has 0 bridgehead atoms. The van der Waals surface area contributed by atoms with Crippen LogP contribution in [-0.2, 0) is 0 Å². The first-order valence-corrected chi connectivity index (χ1v) is 9.15. The smallest absolute Gasteiger partial charge is 0.272 e. The van der Waals surface area contributed by atoms with Crippen LogP contribution in [-0.4, -0.2) is 40.3 Å². The van der Waals surface area contributed by atoms with Gasteiger partial charge in [0.05, 0.1) is 17.0 Å². The molecule has 0 atom stereocenters. The second-order valence-electron chi connectivity index (χ2n) is 6.66. The summed E-state index contributed by atoms with van der Waals surface area (Å²) >= 11 is 12.2. The number of carbonyl (C=O) groups excluding carboxylic acids is 2. The van der Waals surface area contributed by atoms with Crippen LogP contribution in [0.5, 0.6) is 5.75 Å². The molecule has 1 saturated heterocycles. The van der Waals surface area contributed by atoms with Crippen molar-refractivity contribution in [3.8, 4) is 5.75 Å². The minimum Gasteiger partial charge on any atom is -0.484 e. The highest BCUT2D eigenvalue weighted by Gasteiger charge is 2.44. The molecule has 1 aromatic carbocycles. The lowest BCUT2D eigenvalue weighted by atomic mass is 9.82. The second kappa shape index (κ2) is 6.56. The highest BCUT2D eigenvalue weighted by atomic mass is 35.5. The molecule has 0 aliphatic carbocycles. The third kappa shape index (κ3) is 3.06. The van der Waals surface area contributed by atoms with Crippen molar-refractivity contribution in [2.45, 2.75) is 24.9 Å². The molecule has 0 radical (unpaired) electrons. The van der Waals surface area contributed by atoms with Crippen LogP contribution in [0, 0.1) is 0 Å². The fraction of sp³-hybridized carbons (Fsp3) is 0.316. The van der Waals surface area contributed by atoms with Crippen molar-refractivity contribution in [2.24, 2.45) is 0 Å². The quantitative estimate of drug-likeness (QED) is 0.737. The molecule has 2 aliphatic heterocycles.